The molecule has 3 aliphatic rings. The van der Waals surface area contributed by atoms with Crippen LogP contribution >= 0.6 is 0 Å². The first kappa shape index (κ1) is 19.4. The van der Waals surface area contributed by atoms with Crippen LogP contribution in [-0.2, 0) is 24.6 Å². The maximum Gasteiger partial charge on any atom is 0.249 e. The highest BCUT2D eigenvalue weighted by Crippen LogP contribution is 2.43. The summed E-state index contributed by atoms with van der Waals surface area (Å²) in [5.41, 5.74) is -0.304. The first-order valence-electron chi connectivity index (χ1n) is 9.95. The molecule has 3 aliphatic heterocycles. The first-order valence-corrected chi connectivity index (χ1v) is 9.95. The number of carbonyl (C=O) groups excluding carboxylic acids is 2. The third-order valence-corrected chi connectivity index (χ3v) is 6.83. The molecule has 0 radical (unpaired) electrons. The number of piperidine rings is 1. The van der Waals surface area contributed by atoms with Crippen LogP contribution in [0, 0.1) is 5.41 Å². The zero-order valence-corrected chi connectivity index (χ0v) is 16.3. The van der Waals surface area contributed by atoms with Gasteiger partial charge in [-0.1, -0.05) is 30.3 Å². The van der Waals surface area contributed by atoms with E-state index in [9.17, 15) is 14.7 Å². The van der Waals surface area contributed by atoms with Crippen LogP contribution in [0.15, 0.2) is 30.3 Å². The Labute approximate surface area is 165 Å². The van der Waals surface area contributed by atoms with Crippen molar-refractivity contribution in [1.82, 2.24) is 9.80 Å². The number of aliphatic hydroxyl groups is 1. The van der Waals surface area contributed by atoms with E-state index in [2.05, 4.69) is 0 Å². The Kier molecular flexibility index (Phi) is 5.16. The second-order valence-electron chi connectivity index (χ2n) is 8.09. The number of rotatable bonds is 3. The topological polar surface area (TPSA) is 79.3 Å². The van der Waals surface area contributed by atoms with Gasteiger partial charge in [-0.25, -0.2) is 0 Å². The molecule has 0 aromatic heterocycles. The molecule has 28 heavy (non-hydrogen) atoms. The van der Waals surface area contributed by atoms with Gasteiger partial charge >= 0.3 is 0 Å². The molecule has 7 heteroatoms. The van der Waals surface area contributed by atoms with Gasteiger partial charge in [0.2, 0.25) is 11.8 Å². The van der Waals surface area contributed by atoms with Gasteiger partial charge in [-0.2, -0.15) is 0 Å². The van der Waals surface area contributed by atoms with Crippen molar-refractivity contribution >= 4 is 11.8 Å². The maximum absolute atomic E-state index is 13.3. The summed E-state index contributed by atoms with van der Waals surface area (Å²) in [5, 5.41) is 9.99. The number of fused-ring (bicyclic) bond motifs is 1. The Morgan fingerprint density at radius 2 is 1.93 bits per heavy atom. The average molecular weight is 388 g/mol. The number of amides is 2. The molecule has 1 aromatic carbocycles. The van der Waals surface area contributed by atoms with Crippen LogP contribution in [0.4, 0.5) is 0 Å². The zero-order chi connectivity index (χ0) is 19.8. The fourth-order valence-corrected chi connectivity index (χ4v) is 4.95. The second kappa shape index (κ2) is 7.46. The SMILES string of the molecule is CN1C(=O)CO[C@@H]2CN(C(=O)C3(CO)CCOCC3)CC[C@]21c1ccccc1. The van der Waals surface area contributed by atoms with E-state index in [1.807, 2.05) is 42.3 Å². The first-order chi connectivity index (χ1) is 13.5. The molecule has 0 saturated carbocycles. The molecule has 152 valence electrons. The number of carbonyl (C=O) groups is 2. The smallest absolute Gasteiger partial charge is 0.249 e. The lowest BCUT2D eigenvalue weighted by Gasteiger charge is -2.55. The lowest BCUT2D eigenvalue weighted by Crippen LogP contribution is -2.68. The Morgan fingerprint density at radius 1 is 1.21 bits per heavy atom. The van der Waals surface area contributed by atoms with Gasteiger partial charge in [-0.15, -0.1) is 0 Å². The van der Waals surface area contributed by atoms with Gasteiger partial charge in [0, 0.05) is 33.4 Å². The molecule has 7 nitrogen and oxygen atoms in total. The van der Waals surface area contributed by atoms with Crippen molar-refractivity contribution in [3.05, 3.63) is 35.9 Å². The molecule has 2 atom stereocenters. The number of benzene rings is 1. The van der Waals surface area contributed by atoms with Crippen molar-refractivity contribution in [2.24, 2.45) is 5.41 Å². The minimum absolute atomic E-state index is 0.0246. The van der Waals surface area contributed by atoms with E-state index < -0.39 is 11.0 Å². The number of likely N-dealkylation sites (tertiary alicyclic amines) is 1. The molecule has 3 heterocycles. The third-order valence-electron chi connectivity index (χ3n) is 6.83. The van der Waals surface area contributed by atoms with Gasteiger partial charge in [0.05, 0.1) is 17.6 Å². The fourth-order valence-electron chi connectivity index (χ4n) is 4.95. The van der Waals surface area contributed by atoms with Crippen molar-refractivity contribution in [2.45, 2.75) is 30.9 Å². The number of nitrogens with zero attached hydrogens (tertiary/aromatic N) is 2. The summed E-state index contributed by atoms with van der Waals surface area (Å²) >= 11 is 0. The van der Waals surface area contributed by atoms with Crippen LogP contribution in [0.1, 0.15) is 24.8 Å². The number of likely N-dealkylation sites (N-methyl/N-ethyl adjacent to an activating group) is 1. The van der Waals surface area contributed by atoms with Gasteiger partial charge in [-0.3, -0.25) is 9.59 Å². The zero-order valence-electron chi connectivity index (χ0n) is 16.3. The Balaban J connectivity index is 1.62. The molecule has 0 spiro atoms. The van der Waals surface area contributed by atoms with Crippen LogP contribution in [0.5, 0.6) is 0 Å². The molecule has 0 unspecified atom stereocenters. The lowest BCUT2D eigenvalue weighted by molar-refractivity contribution is -0.188. The summed E-state index contributed by atoms with van der Waals surface area (Å²) in [6.45, 7) is 1.77. The highest BCUT2D eigenvalue weighted by molar-refractivity contribution is 5.84. The van der Waals surface area contributed by atoms with E-state index in [0.29, 0.717) is 45.6 Å². The summed E-state index contributed by atoms with van der Waals surface area (Å²) in [6, 6.07) is 9.94. The molecule has 2 amide bonds. The summed E-state index contributed by atoms with van der Waals surface area (Å²) in [6.07, 6.45) is 1.37. The van der Waals surface area contributed by atoms with Crippen LogP contribution in [0.3, 0.4) is 0 Å². The fraction of sp³-hybridized carbons (Fsp3) is 0.619. The van der Waals surface area contributed by atoms with Gasteiger partial charge in [0.15, 0.2) is 0 Å². The molecule has 3 saturated heterocycles. The average Bonchev–Trinajstić information content (AvgIpc) is 2.76. The standard InChI is InChI=1S/C21H28N2O5/c1-22-18(25)14-28-17-13-23(19(26)20(15-24)8-11-27-12-9-20)10-7-21(17,22)16-5-3-2-4-6-16/h2-6,17,24H,7-15H2,1H3/t17-,21+/m1/s1. The number of hydrogen-bond acceptors (Lipinski definition) is 5. The molecular formula is C21H28N2O5. The van der Waals surface area contributed by atoms with Crippen molar-refractivity contribution in [3.8, 4) is 0 Å². The quantitative estimate of drug-likeness (QED) is 0.827. The molecule has 1 aromatic rings. The minimum Gasteiger partial charge on any atom is -0.395 e. The summed E-state index contributed by atoms with van der Waals surface area (Å²) < 4.78 is 11.4. The highest BCUT2D eigenvalue weighted by Gasteiger charge is 2.54. The predicted octanol–water partition coefficient (Wildman–Crippen LogP) is 0.761. The number of aliphatic hydroxyl groups excluding tert-OH is 1. The van der Waals surface area contributed by atoms with Gasteiger partial charge in [0.1, 0.15) is 12.7 Å². The van der Waals surface area contributed by atoms with E-state index in [4.69, 9.17) is 9.47 Å². The molecule has 0 bridgehead atoms. The van der Waals surface area contributed by atoms with Gasteiger partial charge in [0.25, 0.3) is 0 Å². The normalized spacial score (nSPS) is 30.1. The van der Waals surface area contributed by atoms with E-state index >= 15 is 0 Å². The Morgan fingerprint density at radius 3 is 2.61 bits per heavy atom. The number of ether oxygens (including phenoxy) is 2. The van der Waals surface area contributed by atoms with E-state index in [0.717, 1.165) is 5.56 Å². The Hall–Kier alpha value is -1.96. The van der Waals surface area contributed by atoms with E-state index in [-0.39, 0.29) is 31.1 Å². The molecule has 3 fully saturated rings. The van der Waals surface area contributed by atoms with Crippen LogP contribution < -0.4 is 0 Å². The molecular weight excluding hydrogens is 360 g/mol. The number of hydrogen-bond donors (Lipinski definition) is 1. The van der Waals surface area contributed by atoms with Crippen LogP contribution in [0.2, 0.25) is 0 Å². The summed E-state index contributed by atoms with van der Waals surface area (Å²) in [7, 11) is 1.83. The van der Waals surface area contributed by atoms with Crippen molar-refractivity contribution in [3.63, 3.8) is 0 Å². The minimum atomic E-state index is -0.763. The van der Waals surface area contributed by atoms with Crippen LogP contribution in [0.25, 0.3) is 0 Å². The van der Waals surface area contributed by atoms with Crippen molar-refractivity contribution in [2.75, 3.05) is 46.6 Å². The Bertz CT molecular complexity index is 734. The third kappa shape index (κ3) is 2.93. The molecule has 4 rings (SSSR count). The molecule has 0 aliphatic carbocycles. The second-order valence-corrected chi connectivity index (χ2v) is 8.09. The van der Waals surface area contributed by atoms with E-state index in [1.54, 1.807) is 4.90 Å². The lowest BCUT2D eigenvalue weighted by atomic mass is 9.74. The predicted molar refractivity (Wildman–Crippen MR) is 101 cm³/mol. The van der Waals surface area contributed by atoms with Crippen molar-refractivity contribution < 1.29 is 24.2 Å². The largest absolute Gasteiger partial charge is 0.395 e. The summed E-state index contributed by atoms with van der Waals surface area (Å²) in [5.74, 6) is -0.0701. The monoisotopic (exact) mass is 388 g/mol. The maximum atomic E-state index is 13.3. The van der Waals surface area contributed by atoms with E-state index in [1.165, 1.54) is 0 Å². The number of morpholine rings is 1. The van der Waals surface area contributed by atoms with Gasteiger partial charge in [-0.05, 0) is 24.8 Å². The van der Waals surface area contributed by atoms with Crippen LogP contribution in [-0.4, -0.2) is 79.4 Å². The molecule has 1 N–H and O–H groups in total. The van der Waals surface area contributed by atoms with Gasteiger partial charge < -0.3 is 24.4 Å². The summed E-state index contributed by atoms with van der Waals surface area (Å²) in [4.78, 5) is 29.4. The van der Waals surface area contributed by atoms with Crippen molar-refractivity contribution in [1.29, 1.82) is 0 Å². The highest BCUT2D eigenvalue weighted by atomic mass is 16.5.